The third kappa shape index (κ3) is 20.5. The molecule has 344 valence electrons. The van der Waals surface area contributed by atoms with Gasteiger partial charge in [-0.25, -0.2) is 0 Å². The van der Waals surface area contributed by atoms with E-state index in [1.54, 1.807) is 18.2 Å². The van der Waals surface area contributed by atoms with Crippen molar-refractivity contribution in [2.24, 2.45) is 0 Å². The Kier molecular flexibility index (Phi) is 19.5. The van der Waals surface area contributed by atoms with Crippen LogP contribution in [0.5, 0.6) is 17.2 Å². The summed E-state index contributed by atoms with van der Waals surface area (Å²) >= 11 is 0. The van der Waals surface area contributed by atoms with Crippen LogP contribution in [-0.2, 0) is 48.4 Å². The summed E-state index contributed by atoms with van der Waals surface area (Å²) in [5, 5.41) is 31.5. The van der Waals surface area contributed by atoms with Gasteiger partial charge in [-0.1, -0.05) is 54.6 Å². The van der Waals surface area contributed by atoms with Crippen molar-refractivity contribution in [3.05, 3.63) is 89.5 Å². The number of aromatic hydroxyl groups is 3. The minimum absolute atomic E-state index is 0.311. The van der Waals surface area contributed by atoms with Gasteiger partial charge in [0.05, 0.1) is 6.23 Å². The standard InChI is InChI=1S/C43H80O10Si8/c1-54(2,3)48-57(9,10)52-61(15,36-24-30-40-27-18-21-33-43(40)46)53-58(11,12)50-59(13,34-22-28-38-25-16-19-31-41(38)44)37-47-56(7,8)51-60(14,49-55(4,5)6)35-23-29-39-26-17-20-32-42(39)45/h16-21,25-27,31-33,44-46H,22-24,28-30,34-37H2,1-15H3. The average molecular weight is 982 g/mol. The first kappa shape index (κ1) is 53.9. The highest BCUT2D eigenvalue weighted by Crippen LogP contribution is 2.34. The van der Waals surface area contributed by atoms with Gasteiger partial charge in [-0.15, -0.1) is 0 Å². The van der Waals surface area contributed by atoms with Crippen molar-refractivity contribution < 1.29 is 44.4 Å². The summed E-state index contributed by atoms with van der Waals surface area (Å²) in [5.41, 5.74) is 2.78. The highest BCUT2D eigenvalue weighted by atomic mass is 28.5. The highest BCUT2D eigenvalue weighted by molar-refractivity contribution is 6.91. The van der Waals surface area contributed by atoms with Gasteiger partial charge in [-0.2, -0.15) is 0 Å². The van der Waals surface area contributed by atoms with Crippen LogP contribution in [0, 0.1) is 0 Å². The molecule has 0 aromatic heterocycles. The third-order valence-electron chi connectivity index (χ3n) is 9.96. The lowest BCUT2D eigenvalue weighted by molar-refractivity contribution is 0.240. The second kappa shape index (κ2) is 22.1. The lowest BCUT2D eigenvalue weighted by atomic mass is 10.1. The smallest absolute Gasteiger partial charge is 0.322 e. The summed E-state index contributed by atoms with van der Waals surface area (Å²) in [4.78, 5) is 0. The van der Waals surface area contributed by atoms with E-state index >= 15 is 0 Å². The lowest BCUT2D eigenvalue weighted by Gasteiger charge is -2.45. The number of phenols is 3. The summed E-state index contributed by atoms with van der Waals surface area (Å²) in [7, 11) is -20.5. The van der Waals surface area contributed by atoms with Crippen molar-refractivity contribution in [2.45, 2.75) is 155 Å². The number of rotatable bonds is 27. The maximum atomic E-state index is 10.6. The molecule has 3 aromatic carbocycles. The zero-order chi connectivity index (χ0) is 46.0. The molecule has 3 aromatic rings. The molecule has 18 heteroatoms. The van der Waals surface area contributed by atoms with E-state index in [2.05, 4.69) is 98.2 Å². The van der Waals surface area contributed by atoms with E-state index in [0.29, 0.717) is 29.9 Å². The minimum Gasteiger partial charge on any atom is -0.508 e. The number of phenolic OH excluding ortho intramolecular Hbond substituents is 3. The van der Waals surface area contributed by atoms with Crippen molar-refractivity contribution in [1.29, 1.82) is 0 Å². The molecule has 0 aliphatic carbocycles. The summed E-state index contributed by atoms with van der Waals surface area (Å²) < 4.78 is 49.6. The quantitative estimate of drug-likeness (QED) is 0.0636. The van der Waals surface area contributed by atoms with Gasteiger partial charge in [0.25, 0.3) is 0 Å². The van der Waals surface area contributed by atoms with E-state index in [-0.39, 0.29) is 0 Å². The van der Waals surface area contributed by atoms with Crippen LogP contribution in [0.2, 0.25) is 116 Å². The SMILES string of the molecule is C[Si](C)(C)O[Si](C)(C)O[Si](C)(CCCc1ccccc1O)O[Si](C)(C)O[Si](C)(CCCc1ccccc1O)CO[Si](C)(C)O[Si](C)(CCCc1ccccc1O)O[Si](C)(C)C. The van der Waals surface area contributed by atoms with E-state index in [0.717, 1.165) is 66.9 Å². The van der Waals surface area contributed by atoms with Gasteiger partial charge >= 0.3 is 42.8 Å². The van der Waals surface area contributed by atoms with Gasteiger partial charge in [-0.05, 0) is 190 Å². The van der Waals surface area contributed by atoms with Crippen LogP contribution >= 0.6 is 0 Å². The number of aryl methyl sites for hydroxylation is 3. The van der Waals surface area contributed by atoms with Crippen LogP contribution in [0.25, 0.3) is 0 Å². The zero-order valence-corrected chi connectivity index (χ0v) is 48.2. The highest BCUT2D eigenvalue weighted by Gasteiger charge is 2.49. The van der Waals surface area contributed by atoms with Crippen molar-refractivity contribution in [1.82, 2.24) is 0 Å². The molecule has 3 rings (SSSR count). The van der Waals surface area contributed by atoms with Crippen molar-refractivity contribution >= 4 is 67.8 Å². The predicted octanol–water partition coefficient (Wildman–Crippen LogP) is 12.2. The Bertz CT molecular complexity index is 1820. The summed E-state index contributed by atoms with van der Waals surface area (Å²) in [6, 6.07) is 24.9. The first-order valence-electron chi connectivity index (χ1n) is 22.1. The molecule has 0 spiro atoms. The molecule has 0 fully saturated rings. The van der Waals surface area contributed by atoms with Crippen LogP contribution in [0.4, 0.5) is 0 Å². The third-order valence-corrected chi connectivity index (χ3v) is 39.4. The Balaban J connectivity index is 1.88. The van der Waals surface area contributed by atoms with Crippen LogP contribution in [0.15, 0.2) is 72.8 Å². The van der Waals surface area contributed by atoms with Gasteiger partial charge in [0.1, 0.15) is 17.2 Å². The van der Waals surface area contributed by atoms with E-state index in [1.807, 2.05) is 54.6 Å². The Hall–Kier alpha value is -1.48. The van der Waals surface area contributed by atoms with Crippen LogP contribution in [0.3, 0.4) is 0 Å². The molecule has 3 unspecified atom stereocenters. The van der Waals surface area contributed by atoms with Crippen molar-refractivity contribution in [3.63, 3.8) is 0 Å². The Morgan fingerprint density at radius 3 is 1.08 bits per heavy atom. The number of hydrogen-bond acceptors (Lipinski definition) is 10. The number of hydrogen-bond donors (Lipinski definition) is 3. The first-order valence-corrected chi connectivity index (χ1v) is 45.2. The monoisotopic (exact) mass is 980 g/mol. The van der Waals surface area contributed by atoms with E-state index in [9.17, 15) is 15.3 Å². The van der Waals surface area contributed by atoms with Crippen molar-refractivity contribution in [2.75, 3.05) is 6.23 Å². The molecule has 3 N–H and O–H groups in total. The van der Waals surface area contributed by atoms with Crippen molar-refractivity contribution in [3.8, 4) is 17.2 Å². The first-order chi connectivity index (χ1) is 27.9. The van der Waals surface area contributed by atoms with Gasteiger partial charge < -0.3 is 44.4 Å². The second-order valence-corrected chi connectivity index (χ2v) is 51.7. The van der Waals surface area contributed by atoms with E-state index in [1.165, 1.54) is 0 Å². The van der Waals surface area contributed by atoms with Gasteiger partial charge in [0, 0.05) is 0 Å². The molecule has 0 bridgehead atoms. The minimum atomic E-state index is -2.91. The van der Waals surface area contributed by atoms with Crippen LogP contribution in [0.1, 0.15) is 36.0 Å². The Morgan fingerprint density at radius 2 is 0.705 bits per heavy atom. The number of benzene rings is 3. The van der Waals surface area contributed by atoms with Gasteiger partial charge in [-0.3, -0.25) is 0 Å². The molecule has 0 aliphatic heterocycles. The van der Waals surface area contributed by atoms with Crippen LogP contribution in [-0.4, -0.2) is 89.3 Å². The second-order valence-electron chi connectivity index (χ2n) is 20.5. The fourth-order valence-corrected chi connectivity index (χ4v) is 46.7. The molecule has 10 nitrogen and oxygen atoms in total. The zero-order valence-electron chi connectivity index (χ0n) is 40.2. The molecular weight excluding hydrogens is 901 g/mol. The fourth-order valence-electron chi connectivity index (χ4n) is 8.35. The van der Waals surface area contributed by atoms with Gasteiger partial charge in [0.15, 0.2) is 16.6 Å². The molecule has 61 heavy (non-hydrogen) atoms. The molecule has 0 saturated carbocycles. The summed E-state index contributed by atoms with van der Waals surface area (Å²) in [6.07, 6.45) is 5.09. The normalized spacial score (nSPS) is 16.2. The predicted molar refractivity (Wildman–Crippen MR) is 270 cm³/mol. The maximum absolute atomic E-state index is 10.6. The average Bonchev–Trinajstić information content (AvgIpc) is 3.07. The summed E-state index contributed by atoms with van der Waals surface area (Å²) in [6.45, 7) is 32.6. The Morgan fingerprint density at radius 1 is 0.377 bits per heavy atom. The molecule has 0 amide bonds. The topological polar surface area (TPSA) is 125 Å². The van der Waals surface area contributed by atoms with Gasteiger partial charge in [0.2, 0.25) is 8.32 Å². The van der Waals surface area contributed by atoms with E-state index in [4.69, 9.17) is 29.1 Å². The maximum Gasteiger partial charge on any atom is 0.322 e. The molecule has 3 atom stereocenters. The molecule has 0 aliphatic rings. The molecular formula is C43H80O10Si8. The van der Waals surface area contributed by atoms with Crippen LogP contribution < -0.4 is 0 Å². The lowest BCUT2D eigenvalue weighted by Crippen LogP contribution is -2.61. The van der Waals surface area contributed by atoms with E-state index < -0.39 is 67.8 Å². The number of para-hydroxylation sites is 3. The largest absolute Gasteiger partial charge is 0.508 e. The molecule has 0 heterocycles. The summed E-state index contributed by atoms with van der Waals surface area (Å²) in [5.74, 6) is 0.948. The molecule has 0 radical (unpaired) electrons. The fraction of sp³-hybridized carbons (Fsp3) is 0.581. The molecule has 0 saturated heterocycles. The Labute approximate surface area is 377 Å².